The lowest BCUT2D eigenvalue weighted by Gasteiger charge is -2.11. The Morgan fingerprint density at radius 3 is 2.52 bits per heavy atom. The molecular weight excluding hydrogens is 278 g/mol. The summed E-state index contributed by atoms with van der Waals surface area (Å²) in [6.45, 7) is 1.43. The van der Waals surface area contributed by atoms with Gasteiger partial charge in [0.05, 0.1) is 13.2 Å². The van der Waals surface area contributed by atoms with E-state index in [0.717, 1.165) is 0 Å². The SMILES string of the molecule is COc1cccc(COc2ccc([C@H](C)O)cc2F)c1F. The zero-order chi connectivity index (χ0) is 15.4. The monoisotopic (exact) mass is 294 g/mol. The van der Waals surface area contributed by atoms with Gasteiger partial charge in [-0.25, -0.2) is 8.78 Å². The van der Waals surface area contributed by atoms with E-state index in [1.807, 2.05) is 0 Å². The molecule has 112 valence electrons. The van der Waals surface area contributed by atoms with E-state index in [0.29, 0.717) is 5.56 Å². The second kappa shape index (κ2) is 6.54. The van der Waals surface area contributed by atoms with Gasteiger partial charge >= 0.3 is 0 Å². The molecule has 0 aliphatic carbocycles. The quantitative estimate of drug-likeness (QED) is 0.915. The van der Waals surface area contributed by atoms with Crippen LogP contribution in [0.4, 0.5) is 8.78 Å². The predicted molar refractivity (Wildman–Crippen MR) is 74.3 cm³/mol. The smallest absolute Gasteiger partial charge is 0.171 e. The van der Waals surface area contributed by atoms with Crippen LogP contribution >= 0.6 is 0 Å². The van der Waals surface area contributed by atoms with Crippen molar-refractivity contribution in [2.24, 2.45) is 0 Å². The van der Waals surface area contributed by atoms with Gasteiger partial charge in [-0.05, 0) is 30.7 Å². The van der Waals surface area contributed by atoms with E-state index in [1.165, 1.54) is 25.3 Å². The number of hydrogen-bond acceptors (Lipinski definition) is 3. The minimum atomic E-state index is -0.760. The molecule has 0 saturated heterocycles. The Hall–Kier alpha value is -2.14. The largest absolute Gasteiger partial charge is 0.494 e. The molecule has 0 aliphatic heterocycles. The number of hydrogen-bond donors (Lipinski definition) is 1. The minimum Gasteiger partial charge on any atom is -0.494 e. The van der Waals surface area contributed by atoms with Gasteiger partial charge in [0.25, 0.3) is 0 Å². The van der Waals surface area contributed by atoms with E-state index in [-0.39, 0.29) is 23.7 Å². The molecule has 1 atom stereocenters. The Morgan fingerprint density at radius 2 is 1.90 bits per heavy atom. The molecule has 2 aromatic carbocycles. The van der Waals surface area contributed by atoms with Crippen molar-refractivity contribution >= 4 is 0 Å². The lowest BCUT2D eigenvalue weighted by molar-refractivity contribution is 0.198. The third kappa shape index (κ3) is 3.49. The molecule has 5 heteroatoms. The first kappa shape index (κ1) is 15.3. The van der Waals surface area contributed by atoms with Gasteiger partial charge in [-0.2, -0.15) is 0 Å². The lowest BCUT2D eigenvalue weighted by atomic mass is 10.1. The highest BCUT2D eigenvalue weighted by atomic mass is 19.1. The highest BCUT2D eigenvalue weighted by Crippen LogP contribution is 2.25. The van der Waals surface area contributed by atoms with Crippen LogP contribution in [0.5, 0.6) is 11.5 Å². The fourth-order valence-corrected chi connectivity index (χ4v) is 1.87. The van der Waals surface area contributed by atoms with Gasteiger partial charge in [-0.15, -0.1) is 0 Å². The number of methoxy groups -OCH3 is 1. The van der Waals surface area contributed by atoms with Gasteiger partial charge < -0.3 is 14.6 Å². The number of halogens is 2. The highest BCUT2D eigenvalue weighted by molar-refractivity contribution is 5.33. The van der Waals surface area contributed by atoms with Crippen LogP contribution in [0.2, 0.25) is 0 Å². The Labute approximate surface area is 121 Å². The molecule has 0 aliphatic rings. The first-order valence-corrected chi connectivity index (χ1v) is 6.44. The van der Waals surface area contributed by atoms with Crippen LogP contribution in [0.1, 0.15) is 24.2 Å². The van der Waals surface area contributed by atoms with Crippen molar-refractivity contribution in [3.8, 4) is 11.5 Å². The Morgan fingerprint density at radius 1 is 1.14 bits per heavy atom. The molecule has 0 bridgehead atoms. The molecule has 0 fully saturated rings. The molecule has 0 saturated carbocycles. The first-order chi connectivity index (χ1) is 10.0. The van der Waals surface area contributed by atoms with Gasteiger partial charge in [0.2, 0.25) is 0 Å². The molecule has 1 N–H and O–H groups in total. The minimum absolute atomic E-state index is 0.00150. The molecule has 2 rings (SSSR count). The van der Waals surface area contributed by atoms with E-state index in [9.17, 15) is 13.9 Å². The summed E-state index contributed by atoms with van der Waals surface area (Å²) in [4.78, 5) is 0. The van der Waals surface area contributed by atoms with Crippen LogP contribution in [0.15, 0.2) is 36.4 Å². The van der Waals surface area contributed by atoms with E-state index >= 15 is 0 Å². The Balaban J connectivity index is 2.13. The number of aliphatic hydroxyl groups excluding tert-OH is 1. The molecule has 3 nitrogen and oxygen atoms in total. The van der Waals surface area contributed by atoms with Crippen LogP contribution in [0.25, 0.3) is 0 Å². The maximum absolute atomic E-state index is 13.9. The van der Waals surface area contributed by atoms with E-state index in [4.69, 9.17) is 9.47 Å². The Bertz CT molecular complexity index is 627. The summed E-state index contributed by atoms with van der Waals surface area (Å²) in [5.41, 5.74) is 0.723. The molecule has 0 unspecified atom stereocenters. The van der Waals surface area contributed by atoms with E-state index < -0.39 is 17.7 Å². The number of rotatable bonds is 5. The second-order valence-electron chi connectivity index (χ2n) is 4.59. The van der Waals surface area contributed by atoms with Crippen molar-refractivity contribution in [1.82, 2.24) is 0 Å². The lowest BCUT2D eigenvalue weighted by Crippen LogP contribution is -2.02. The van der Waals surface area contributed by atoms with E-state index in [1.54, 1.807) is 25.1 Å². The van der Waals surface area contributed by atoms with Crippen molar-refractivity contribution < 1.29 is 23.4 Å². The zero-order valence-electron chi connectivity index (χ0n) is 11.8. The molecule has 0 spiro atoms. The summed E-state index contributed by atoms with van der Waals surface area (Å²) in [6, 6.07) is 8.84. The zero-order valence-corrected chi connectivity index (χ0v) is 11.8. The molecule has 0 amide bonds. The summed E-state index contributed by atoms with van der Waals surface area (Å²) in [5.74, 6) is -1.01. The van der Waals surface area contributed by atoms with Crippen LogP contribution in [0.3, 0.4) is 0 Å². The normalized spacial score (nSPS) is 12.0. The van der Waals surface area contributed by atoms with Gasteiger partial charge in [0, 0.05) is 5.56 Å². The summed E-state index contributed by atoms with van der Waals surface area (Å²) in [5, 5.41) is 9.37. The average molecular weight is 294 g/mol. The summed E-state index contributed by atoms with van der Waals surface area (Å²) in [6.07, 6.45) is -0.760. The summed E-state index contributed by atoms with van der Waals surface area (Å²) < 4.78 is 37.9. The molecule has 0 heterocycles. The maximum Gasteiger partial charge on any atom is 0.171 e. The van der Waals surface area contributed by atoms with Gasteiger partial charge in [0.1, 0.15) is 6.61 Å². The number of ether oxygens (including phenoxy) is 2. The molecule has 0 radical (unpaired) electrons. The topological polar surface area (TPSA) is 38.7 Å². The number of aliphatic hydroxyl groups is 1. The fraction of sp³-hybridized carbons (Fsp3) is 0.250. The second-order valence-corrected chi connectivity index (χ2v) is 4.59. The third-order valence-electron chi connectivity index (χ3n) is 3.08. The molecule has 21 heavy (non-hydrogen) atoms. The molecular formula is C16H16F2O3. The van der Waals surface area contributed by atoms with E-state index in [2.05, 4.69) is 0 Å². The van der Waals surface area contributed by atoms with Gasteiger partial charge in [-0.1, -0.05) is 18.2 Å². The Kier molecular flexibility index (Phi) is 4.75. The van der Waals surface area contributed by atoms with Crippen molar-refractivity contribution in [3.63, 3.8) is 0 Å². The van der Waals surface area contributed by atoms with Crippen LogP contribution in [0, 0.1) is 11.6 Å². The van der Waals surface area contributed by atoms with Crippen molar-refractivity contribution in [2.45, 2.75) is 19.6 Å². The molecule has 2 aromatic rings. The highest BCUT2D eigenvalue weighted by Gasteiger charge is 2.11. The summed E-state index contributed by atoms with van der Waals surface area (Å²) in [7, 11) is 1.37. The van der Waals surface area contributed by atoms with Gasteiger partial charge in [0.15, 0.2) is 23.1 Å². The van der Waals surface area contributed by atoms with Crippen LogP contribution < -0.4 is 9.47 Å². The predicted octanol–water partition coefficient (Wildman–Crippen LogP) is 3.61. The van der Waals surface area contributed by atoms with Gasteiger partial charge in [-0.3, -0.25) is 0 Å². The number of benzene rings is 2. The van der Waals surface area contributed by atoms with Crippen molar-refractivity contribution in [2.75, 3.05) is 7.11 Å². The first-order valence-electron chi connectivity index (χ1n) is 6.44. The average Bonchev–Trinajstić information content (AvgIpc) is 2.47. The maximum atomic E-state index is 13.9. The fourth-order valence-electron chi connectivity index (χ4n) is 1.87. The molecule has 0 aromatic heterocycles. The van der Waals surface area contributed by atoms with Crippen LogP contribution in [-0.4, -0.2) is 12.2 Å². The third-order valence-corrected chi connectivity index (χ3v) is 3.08. The van der Waals surface area contributed by atoms with Crippen molar-refractivity contribution in [3.05, 3.63) is 59.2 Å². The van der Waals surface area contributed by atoms with Crippen LogP contribution in [-0.2, 0) is 6.61 Å². The summed E-state index contributed by atoms with van der Waals surface area (Å²) >= 11 is 0. The standard InChI is InChI=1S/C16H16F2O3/c1-10(19)11-6-7-14(13(17)8-11)21-9-12-4-3-5-15(20-2)16(12)18/h3-8,10,19H,9H2,1-2H3/t10-/m0/s1. The van der Waals surface area contributed by atoms with Crippen molar-refractivity contribution in [1.29, 1.82) is 0 Å².